The normalized spacial score (nSPS) is 16.4. The summed E-state index contributed by atoms with van der Waals surface area (Å²) in [4.78, 5) is 12.7. The molecule has 156 valence electrons. The van der Waals surface area contributed by atoms with Crippen LogP contribution in [0.1, 0.15) is 23.2 Å². The molecule has 0 radical (unpaired) electrons. The lowest BCUT2D eigenvalue weighted by Gasteiger charge is -2.13. The van der Waals surface area contributed by atoms with Crippen LogP contribution in [0, 0.1) is 0 Å². The summed E-state index contributed by atoms with van der Waals surface area (Å²) in [5, 5.41) is 2.73. The lowest BCUT2D eigenvalue weighted by Crippen LogP contribution is -2.32. The fraction of sp³-hybridized carbons (Fsp3) is 0.350. The molecule has 1 amide bonds. The zero-order chi connectivity index (χ0) is 20.9. The van der Waals surface area contributed by atoms with Crippen molar-refractivity contribution in [1.82, 2.24) is 4.72 Å². The number of sulfonamides is 1. The first-order chi connectivity index (χ1) is 13.9. The van der Waals surface area contributed by atoms with Crippen molar-refractivity contribution in [2.45, 2.75) is 23.8 Å². The lowest BCUT2D eigenvalue weighted by atomic mass is 10.2. The van der Waals surface area contributed by atoms with E-state index in [4.69, 9.17) is 14.2 Å². The van der Waals surface area contributed by atoms with Gasteiger partial charge in [-0.2, -0.15) is 0 Å². The maximum absolute atomic E-state index is 12.6. The highest BCUT2D eigenvalue weighted by Crippen LogP contribution is 2.29. The van der Waals surface area contributed by atoms with Gasteiger partial charge in [0, 0.05) is 24.8 Å². The van der Waals surface area contributed by atoms with E-state index in [-0.39, 0.29) is 23.1 Å². The van der Waals surface area contributed by atoms with Crippen molar-refractivity contribution in [2.75, 3.05) is 32.7 Å². The SMILES string of the molecule is COc1ccc(NC(=O)c2cccc(S(=O)(=O)NCC3CCCO3)c2)c(OC)c1. The summed E-state index contributed by atoms with van der Waals surface area (Å²) in [7, 11) is -0.733. The molecule has 1 aliphatic heterocycles. The third kappa shape index (κ3) is 5.26. The molecule has 2 aromatic carbocycles. The van der Waals surface area contributed by atoms with Crippen LogP contribution < -0.4 is 19.5 Å². The van der Waals surface area contributed by atoms with Crippen molar-refractivity contribution >= 4 is 21.6 Å². The van der Waals surface area contributed by atoms with Crippen LogP contribution in [0.25, 0.3) is 0 Å². The summed E-state index contributed by atoms with van der Waals surface area (Å²) in [6, 6.07) is 10.8. The van der Waals surface area contributed by atoms with Gasteiger partial charge in [-0.15, -0.1) is 0 Å². The van der Waals surface area contributed by atoms with Gasteiger partial charge in [-0.3, -0.25) is 4.79 Å². The van der Waals surface area contributed by atoms with Gasteiger partial charge in [0.25, 0.3) is 5.91 Å². The molecule has 3 rings (SSSR count). The largest absolute Gasteiger partial charge is 0.497 e. The van der Waals surface area contributed by atoms with Gasteiger partial charge >= 0.3 is 0 Å². The van der Waals surface area contributed by atoms with E-state index >= 15 is 0 Å². The van der Waals surface area contributed by atoms with Crippen LogP contribution in [0.15, 0.2) is 47.4 Å². The predicted octanol–water partition coefficient (Wildman–Crippen LogP) is 2.41. The molecular formula is C20H24N2O6S. The molecule has 1 atom stereocenters. The van der Waals surface area contributed by atoms with E-state index in [1.165, 1.54) is 32.4 Å². The maximum atomic E-state index is 12.6. The van der Waals surface area contributed by atoms with Crippen molar-refractivity contribution in [3.05, 3.63) is 48.0 Å². The molecule has 0 aliphatic carbocycles. The van der Waals surface area contributed by atoms with Crippen LogP contribution in [-0.4, -0.2) is 47.8 Å². The Morgan fingerprint density at radius 1 is 1.17 bits per heavy atom. The molecule has 8 nitrogen and oxygen atoms in total. The number of carbonyl (C=O) groups excluding carboxylic acids is 1. The van der Waals surface area contributed by atoms with E-state index in [1.54, 1.807) is 24.3 Å². The smallest absolute Gasteiger partial charge is 0.255 e. The Labute approximate surface area is 170 Å². The maximum Gasteiger partial charge on any atom is 0.255 e. The molecular weight excluding hydrogens is 396 g/mol. The van der Waals surface area contributed by atoms with Gasteiger partial charge in [0.1, 0.15) is 11.5 Å². The number of benzene rings is 2. The molecule has 0 spiro atoms. The van der Waals surface area contributed by atoms with Gasteiger partial charge < -0.3 is 19.5 Å². The second-order valence-electron chi connectivity index (χ2n) is 6.54. The number of methoxy groups -OCH3 is 2. The van der Waals surface area contributed by atoms with Gasteiger partial charge in [-0.1, -0.05) is 6.07 Å². The average Bonchev–Trinajstić information content (AvgIpc) is 3.26. The van der Waals surface area contributed by atoms with E-state index < -0.39 is 15.9 Å². The fourth-order valence-corrected chi connectivity index (χ4v) is 4.10. The van der Waals surface area contributed by atoms with Gasteiger partial charge in [0.05, 0.1) is 30.9 Å². The van der Waals surface area contributed by atoms with Crippen molar-refractivity contribution in [3.8, 4) is 11.5 Å². The molecule has 2 aromatic rings. The summed E-state index contributed by atoms with van der Waals surface area (Å²) >= 11 is 0. The van der Waals surface area contributed by atoms with Crippen molar-refractivity contribution in [3.63, 3.8) is 0 Å². The zero-order valence-electron chi connectivity index (χ0n) is 16.3. The number of carbonyl (C=O) groups is 1. The molecule has 1 aliphatic rings. The van der Waals surface area contributed by atoms with Gasteiger partial charge in [0.15, 0.2) is 0 Å². The summed E-state index contributed by atoms with van der Waals surface area (Å²) in [6.45, 7) is 0.860. The summed E-state index contributed by atoms with van der Waals surface area (Å²) in [5.74, 6) is 0.564. The molecule has 1 fully saturated rings. The van der Waals surface area contributed by atoms with E-state index in [0.717, 1.165) is 12.8 Å². The molecule has 0 saturated carbocycles. The highest BCUT2D eigenvalue weighted by atomic mass is 32.2. The first kappa shape index (κ1) is 21.1. The van der Waals surface area contributed by atoms with E-state index in [9.17, 15) is 13.2 Å². The number of rotatable bonds is 8. The Kier molecular flexibility index (Phi) is 6.73. The van der Waals surface area contributed by atoms with Crippen LogP contribution in [0.4, 0.5) is 5.69 Å². The van der Waals surface area contributed by atoms with Gasteiger partial charge in [-0.05, 0) is 43.2 Å². The minimum absolute atomic E-state index is 0.0184. The average molecular weight is 420 g/mol. The molecule has 0 aromatic heterocycles. The van der Waals surface area contributed by atoms with E-state index in [1.807, 2.05) is 0 Å². The quantitative estimate of drug-likeness (QED) is 0.680. The van der Waals surface area contributed by atoms with Gasteiger partial charge in [0.2, 0.25) is 10.0 Å². The number of hydrogen-bond acceptors (Lipinski definition) is 6. The third-order valence-corrected chi connectivity index (χ3v) is 6.01. The second kappa shape index (κ2) is 9.25. The van der Waals surface area contributed by atoms with Crippen LogP contribution in [-0.2, 0) is 14.8 Å². The first-order valence-electron chi connectivity index (χ1n) is 9.17. The molecule has 2 N–H and O–H groups in total. The molecule has 1 unspecified atom stereocenters. The van der Waals surface area contributed by atoms with Crippen molar-refractivity contribution < 1.29 is 27.4 Å². The second-order valence-corrected chi connectivity index (χ2v) is 8.30. The van der Waals surface area contributed by atoms with E-state index in [2.05, 4.69) is 10.0 Å². The minimum atomic E-state index is -3.75. The Morgan fingerprint density at radius 3 is 2.69 bits per heavy atom. The fourth-order valence-electron chi connectivity index (χ4n) is 2.99. The topological polar surface area (TPSA) is 103 Å². The van der Waals surface area contributed by atoms with Crippen LogP contribution in [0.5, 0.6) is 11.5 Å². The Morgan fingerprint density at radius 2 is 2.00 bits per heavy atom. The molecule has 1 heterocycles. The Hall–Kier alpha value is -2.62. The van der Waals surface area contributed by atoms with Gasteiger partial charge in [-0.25, -0.2) is 13.1 Å². The standard InChI is InChI=1S/C20H24N2O6S/c1-26-15-8-9-18(19(12-15)27-2)22-20(23)14-5-3-7-17(11-14)29(24,25)21-13-16-6-4-10-28-16/h3,5,7-9,11-12,16,21H,4,6,10,13H2,1-2H3,(H,22,23). The monoisotopic (exact) mass is 420 g/mol. The molecule has 29 heavy (non-hydrogen) atoms. The first-order valence-corrected chi connectivity index (χ1v) is 10.7. The van der Waals surface area contributed by atoms with Crippen LogP contribution in [0.2, 0.25) is 0 Å². The van der Waals surface area contributed by atoms with Crippen LogP contribution in [0.3, 0.4) is 0 Å². The summed E-state index contributed by atoms with van der Waals surface area (Å²) < 4.78 is 43.5. The summed E-state index contributed by atoms with van der Waals surface area (Å²) in [6.07, 6.45) is 1.64. The number of nitrogens with one attached hydrogen (secondary N) is 2. The lowest BCUT2D eigenvalue weighted by molar-refractivity contribution is 0.102. The number of hydrogen-bond donors (Lipinski definition) is 2. The van der Waals surface area contributed by atoms with Crippen LogP contribution >= 0.6 is 0 Å². The molecule has 0 bridgehead atoms. The zero-order valence-corrected chi connectivity index (χ0v) is 17.1. The Balaban J connectivity index is 1.73. The number of anilines is 1. The minimum Gasteiger partial charge on any atom is -0.497 e. The highest BCUT2D eigenvalue weighted by Gasteiger charge is 2.21. The Bertz CT molecular complexity index is 971. The predicted molar refractivity (Wildman–Crippen MR) is 108 cm³/mol. The van der Waals surface area contributed by atoms with Crippen molar-refractivity contribution in [2.24, 2.45) is 0 Å². The molecule has 9 heteroatoms. The van der Waals surface area contributed by atoms with E-state index in [0.29, 0.717) is 23.8 Å². The third-order valence-electron chi connectivity index (χ3n) is 4.59. The number of ether oxygens (including phenoxy) is 3. The summed E-state index contributed by atoms with van der Waals surface area (Å²) in [5.41, 5.74) is 0.658. The van der Waals surface area contributed by atoms with Crippen molar-refractivity contribution in [1.29, 1.82) is 0 Å². The highest BCUT2D eigenvalue weighted by molar-refractivity contribution is 7.89. The molecule has 1 saturated heterocycles. The number of amides is 1.